The van der Waals surface area contributed by atoms with Gasteiger partial charge in [0.25, 0.3) is 0 Å². The lowest BCUT2D eigenvalue weighted by atomic mass is 9.55. The number of methoxy groups -OCH3 is 1. The molecule has 2 fully saturated rings. The summed E-state index contributed by atoms with van der Waals surface area (Å²) < 4.78 is 11.1. The maximum absolute atomic E-state index is 11.8. The Morgan fingerprint density at radius 3 is 2.66 bits per heavy atom. The van der Waals surface area contributed by atoms with Crippen LogP contribution in [0.3, 0.4) is 0 Å². The summed E-state index contributed by atoms with van der Waals surface area (Å²) in [6, 6.07) is 5.75. The van der Waals surface area contributed by atoms with Gasteiger partial charge >= 0.3 is 5.97 Å². The van der Waals surface area contributed by atoms with E-state index in [1.54, 1.807) is 7.11 Å². The van der Waals surface area contributed by atoms with Crippen LogP contribution in [0.25, 0.3) is 0 Å². The van der Waals surface area contributed by atoms with Gasteiger partial charge in [-0.2, -0.15) is 0 Å². The van der Waals surface area contributed by atoms with Crippen LogP contribution in [0.4, 0.5) is 0 Å². The smallest absolute Gasteiger partial charge is 0.302 e. The summed E-state index contributed by atoms with van der Waals surface area (Å²) in [7, 11) is 1.69. The fourth-order valence-electron chi connectivity index (χ4n) is 6.53. The molecule has 7 atom stereocenters. The van der Waals surface area contributed by atoms with Crippen molar-refractivity contribution < 1.29 is 24.2 Å². The number of aliphatic hydroxyl groups is 1. The highest BCUT2D eigenvalue weighted by atomic mass is 16.5. The molecule has 3 aliphatic carbocycles. The molecule has 1 amide bonds. The van der Waals surface area contributed by atoms with E-state index in [9.17, 15) is 14.7 Å². The van der Waals surface area contributed by atoms with Crippen LogP contribution in [0.15, 0.2) is 18.2 Å². The Labute approximate surface area is 172 Å². The SMILES string of the molecule is COc1ccc2c(c1)CC[C@@H]1[C@@H]2CC[C@]2(C)C(OC(C)=O)C(NC(C)=O)C(O)[C@@H]12. The average Bonchev–Trinajstić information content (AvgIpc) is 2.87. The molecule has 0 radical (unpaired) electrons. The number of nitrogens with one attached hydrogen (secondary N) is 1. The van der Waals surface area contributed by atoms with Crippen LogP contribution in [0.5, 0.6) is 5.75 Å². The number of benzene rings is 1. The lowest BCUT2D eigenvalue weighted by Crippen LogP contribution is -2.49. The number of fused-ring (bicyclic) bond motifs is 5. The molecular weight excluding hydrogens is 370 g/mol. The topological polar surface area (TPSA) is 84.9 Å². The normalized spacial score (nSPS) is 37.7. The minimum absolute atomic E-state index is 0.0299. The van der Waals surface area contributed by atoms with Crippen molar-refractivity contribution in [3.8, 4) is 5.75 Å². The minimum Gasteiger partial charge on any atom is -0.497 e. The molecule has 29 heavy (non-hydrogen) atoms. The van der Waals surface area contributed by atoms with E-state index in [4.69, 9.17) is 9.47 Å². The van der Waals surface area contributed by atoms with Gasteiger partial charge in [0, 0.05) is 19.3 Å². The van der Waals surface area contributed by atoms with Gasteiger partial charge in [0.15, 0.2) is 0 Å². The number of hydrogen-bond acceptors (Lipinski definition) is 5. The number of amides is 1. The lowest BCUT2D eigenvalue weighted by molar-refractivity contribution is -0.157. The molecular formula is C23H31NO5. The van der Waals surface area contributed by atoms with E-state index in [0.717, 1.165) is 31.4 Å². The van der Waals surface area contributed by atoms with Crippen LogP contribution in [0.1, 0.15) is 57.1 Å². The summed E-state index contributed by atoms with van der Waals surface area (Å²) in [6.07, 6.45) is 2.49. The van der Waals surface area contributed by atoms with Crippen molar-refractivity contribution in [1.29, 1.82) is 0 Å². The Kier molecular flexibility index (Phi) is 5.09. The van der Waals surface area contributed by atoms with E-state index in [1.807, 2.05) is 6.07 Å². The zero-order valence-corrected chi connectivity index (χ0v) is 17.6. The van der Waals surface area contributed by atoms with Gasteiger partial charge in [-0.1, -0.05) is 13.0 Å². The minimum atomic E-state index is -0.735. The third-order valence-corrected chi connectivity index (χ3v) is 7.61. The van der Waals surface area contributed by atoms with Crippen molar-refractivity contribution in [2.75, 3.05) is 7.11 Å². The number of hydrogen-bond donors (Lipinski definition) is 2. The number of esters is 1. The van der Waals surface area contributed by atoms with E-state index in [-0.39, 0.29) is 23.2 Å². The maximum Gasteiger partial charge on any atom is 0.302 e. The van der Waals surface area contributed by atoms with Gasteiger partial charge in [-0.3, -0.25) is 9.59 Å². The zero-order valence-electron chi connectivity index (χ0n) is 17.6. The summed E-state index contributed by atoms with van der Waals surface area (Å²) in [6.45, 7) is 4.95. The third-order valence-electron chi connectivity index (χ3n) is 7.61. The second kappa shape index (κ2) is 7.31. The fourth-order valence-corrected chi connectivity index (χ4v) is 6.53. The highest BCUT2D eigenvalue weighted by Crippen LogP contribution is 2.61. The van der Waals surface area contributed by atoms with Crippen molar-refractivity contribution in [1.82, 2.24) is 5.32 Å². The molecule has 6 heteroatoms. The first-order valence-electron chi connectivity index (χ1n) is 10.6. The van der Waals surface area contributed by atoms with E-state index < -0.39 is 18.2 Å². The summed E-state index contributed by atoms with van der Waals surface area (Å²) in [5.41, 5.74) is 2.32. The van der Waals surface area contributed by atoms with Crippen LogP contribution >= 0.6 is 0 Å². The van der Waals surface area contributed by atoms with Gasteiger partial charge in [-0.15, -0.1) is 0 Å². The molecule has 2 saturated carbocycles. The molecule has 4 rings (SSSR count). The molecule has 1 aromatic carbocycles. The highest BCUT2D eigenvalue weighted by Gasteiger charge is 2.64. The largest absolute Gasteiger partial charge is 0.497 e. The van der Waals surface area contributed by atoms with Crippen molar-refractivity contribution in [2.24, 2.45) is 17.3 Å². The quantitative estimate of drug-likeness (QED) is 0.761. The number of carbonyl (C=O) groups excluding carboxylic acids is 2. The zero-order chi connectivity index (χ0) is 20.9. The van der Waals surface area contributed by atoms with E-state index in [0.29, 0.717) is 11.8 Å². The van der Waals surface area contributed by atoms with Gasteiger partial charge in [-0.05, 0) is 66.7 Å². The van der Waals surface area contributed by atoms with Gasteiger partial charge in [0.2, 0.25) is 5.91 Å². The van der Waals surface area contributed by atoms with Crippen LogP contribution in [0, 0.1) is 17.3 Å². The lowest BCUT2D eigenvalue weighted by Gasteiger charge is -2.50. The molecule has 0 aromatic heterocycles. The Balaban J connectivity index is 1.70. The Morgan fingerprint density at radius 2 is 2.00 bits per heavy atom. The summed E-state index contributed by atoms with van der Waals surface area (Å²) in [5.74, 6) is 0.920. The number of ether oxygens (including phenoxy) is 2. The van der Waals surface area contributed by atoms with Crippen LogP contribution in [0.2, 0.25) is 0 Å². The van der Waals surface area contributed by atoms with Crippen molar-refractivity contribution in [3.05, 3.63) is 29.3 Å². The predicted octanol–water partition coefficient (Wildman–Crippen LogP) is 2.57. The Bertz CT molecular complexity index is 823. The predicted molar refractivity (Wildman–Crippen MR) is 108 cm³/mol. The fraction of sp³-hybridized carbons (Fsp3) is 0.652. The van der Waals surface area contributed by atoms with Gasteiger partial charge in [-0.25, -0.2) is 0 Å². The van der Waals surface area contributed by atoms with Crippen LogP contribution in [-0.4, -0.2) is 42.3 Å². The molecule has 6 nitrogen and oxygen atoms in total. The van der Waals surface area contributed by atoms with Crippen molar-refractivity contribution in [3.63, 3.8) is 0 Å². The molecule has 3 unspecified atom stereocenters. The molecule has 3 aliphatic rings. The standard InChI is InChI=1S/C23H31NO5/c1-12(25)24-20-21(27)19-18-7-5-14-11-15(28-4)6-8-16(14)17(18)9-10-23(19,3)22(20)29-13(2)26/h6,8,11,17-22,27H,5,7,9-10H2,1-4H3,(H,24,25)/t17-,18-,19-,20?,21?,22?,23+/m1/s1. The second-order valence-electron chi connectivity index (χ2n) is 9.19. The maximum atomic E-state index is 11.8. The average molecular weight is 402 g/mol. The molecule has 158 valence electrons. The second-order valence-corrected chi connectivity index (χ2v) is 9.19. The molecule has 0 aliphatic heterocycles. The summed E-state index contributed by atoms with van der Waals surface area (Å²) >= 11 is 0. The summed E-state index contributed by atoms with van der Waals surface area (Å²) in [5, 5.41) is 14.2. The monoisotopic (exact) mass is 401 g/mol. The molecule has 0 bridgehead atoms. The Morgan fingerprint density at radius 1 is 1.24 bits per heavy atom. The van der Waals surface area contributed by atoms with Crippen LogP contribution in [-0.2, 0) is 20.7 Å². The highest BCUT2D eigenvalue weighted by molar-refractivity contribution is 5.73. The third kappa shape index (κ3) is 3.21. The molecule has 1 aromatic rings. The first-order chi connectivity index (χ1) is 13.8. The van der Waals surface area contributed by atoms with E-state index in [2.05, 4.69) is 24.4 Å². The van der Waals surface area contributed by atoms with Crippen molar-refractivity contribution >= 4 is 11.9 Å². The molecule has 0 spiro atoms. The van der Waals surface area contributed by atoms with Crippen molar-refractivity contribution in [2.45, 2.75) is 70.6 Å². The van der Waals surface area contributed by atoms with Crippen LogP contribution < -0.4 is 10.1 Å². The number of carbonyl (C=O) groups is 2. The molecule has 2 N–H and O–H groups in total. The first-order valence-corrected chi connectivity index (χ1v) is 10.6. The Hall–Kier alpha value is -2.08. The number of aryl methyl sites for hydroxylation is 1. The molecule has 0 heterocycles. The van der Waals surface area contributed by atoms with Gasteiger partial charge in [0.05, 0.1) is 19.3 Å². The number of aliphatic hydroxyl groups excluding tert-OH is 1. The summed E-state index contributed by atoms with van der Waals surface area (Å²) in [4.78, 5) is 23.7. The molecule has 0 saturated heterocycles. The first kappa shape index (κ1) is 20.2. The van der Waals surface area contributed by atoms with Gasteiger partial charge < -0.3 is 19.9 Å². The van der Waals surface area contributed by atoms with Gasteiger partial charge in [0.1, 0.15) is 11.9 Å². The number of rotatable bonds is 3. The van der Waals surface area contributed by atoms with E-state index >= 15 is 0 Å². The van der Waals surface area contributed by atoms with E-state index in [1.165, 1.54) is 25.0 Å².